The molecule has 28 heavy (non-hydrogen) atoms. The van der Waals surface area contributed by atoms with E-state index in [1.165, 1.54) is 11.8 Å². The van der Waals surface area contributed by atoms with E-state index in [2.05, 4.69) is 18.1 Å². The Morgan fingerprint density at radius 3 is 2.75 bits per heavy atom. The predicted molar refractivity (Wildman–Crippen MR) is 113 cm³/mol. The van der Waals surface area contributed by atoms with Gasteiger partial charge in [-0.1, -0.05) is 36.0 Å². The normalized spacial score (nSPS) is 16.2. The van der Waals surface area contributed by atoms with Crippen molar-refractivity contribution < 1.29 is 9.53 Å². The number of benzene rings is 1. The van der Waals surface area contributed by atoms with E-state index in [1.54, 1.807) is 27.7 Å². The third-order valence-electron chi connectivity index (χ3n) is 4.61. The summed E-state index contributed by atoms with van der Waals surface area (Å²) in [6.45, 7) is 9.48. The van der Waals surface area contributed by atoms with Crippen molar-refractivity contribution in [3.63, 3.8) is 0 Å². The van der Waals surface area contributed by atoms with E-state index in [9.17, 15) is 9.59 Å². The number of fused-ring (bicyclic) bond motifs is 1. The Labute approximate surface area is 168 Å². The van der Waals surface area contributed by atoms with Crippen molar-refractivity contribution in [1.82, 2.24) is 14.5 Å². The number of rotatable bonds is 9. The molecule has 7 heteroatoms. The van der Waals surface area contributed by atoms with E-state index in [0.717, 1.165) is 19.4 Å². The number of carbonyl (C=O) groups is 1. The molecule has 1 aliphatic rings. The van der Waals surface area contributed by atoms with Gasteiger partial charge in [0.15, 0.2) is 5.16 Å². The van der Waals surface area contributed by atoms with Gasteiger partial charge in [-0.25, -0.2) is 4.98 Å². The van der Waals surface area contributed by atoms with Gasteiger partial charge in [-0.2, -0.15) is 0 Å². The van der Waals surface area contributed by atoms with Crippen molar-refractivity contribution >= 4 is 28.6 Å². The molecule has 1 unspecified atom stereocenters. The quantitative estimate of drug-likeness (QED) is 0.369. The Kier molecular flexibility index (Phi) is 7.06. The van der Waals surface area contributed by atoms with Gasteiger partial charge in [0.1, 0.15) is 0 Å². The highest BCUT2D eigenvalue weighted by Gasteiger charge is 2.21. The number of nitrogens with zero attached hydrogens (tertiary/aromatic N) is 3. The van der Waals surface area contributed by atoms with Gasteiger partial charge in [0.2, 0.25) is 5.91 Å². The van der Waals surface area contributed by atoms with E-state index in [0.29, 0.717) is 35.7 Å². The molecular formula is C21H25N3O3S. The molecule has 1 aromatic heterocycles. The molecule has 1 saturated heterocycles. The highest BCUT2D eigenvalue weighted by molar-refractivity contribution is 7.99. The second-order valence-corrected chi connectivity index (χ2v) is 7.57. The van der Waals surface area contributed by atoms with E-state index < -0.39 is 0 Å². The number of aromatic nitrogens is 2. The molecule has 0 bridgehead atoms. The summed E-state index contributed by atoms with van der Waals surface area (Å²) in [5.41, 5.74) is 0.546. The Morgan fingerprint density at radius 2 is 2.07 bits per heavy atom. The zero-order valence-electron chi connectivity index (χ0n) is 15.9. The second kappa shape index (κ2) is 9.71. The molecule has 1 atom stereocenters. The third kappa shape index (κ3) is 4.72. The molecule has 2 aromatic rings. The summed E-state index contributed by atoms with van der Waals surface area (Å²) >= 11 is 1.28. The van der Waals surface area contributed by atoms with Gasteiger partial charge < -0.3 is 9.64 Å². The van der Waals surface area contributed by atoms with E-state index in [-0.39, 0.29) is 23.3 Å². The maximum Gasteiger partial charge on any atom is 0.262 e. The molecule has 3 rings (SSSR count). The molecule has 1 aliphatic heterocycles. The fourth-order valence-electron chi connectivity index (χ4n) is 3.22. The lowest BCUT2D eigenvalue weighted by atomic mass is 10.2. The standard InChI is InChI=1S/C21H25N3O3S/c1-3-11-23(12-4-2)19(25)15-28-21-22-18-10-6-5-9-17(18)20(26)24(21)14-16-8-7-13-27-16/h3-6,9-10,16H,1-2,7-8,11-15H2. The van der Waals surface area contributed by atoms with Crippen LogP contribution in [-0.2, 0) is 16.1 Å². The Balaban J connectivity index is 1.87. The van der Waals surface area contributed by atoms with Crippen LogP contribution in [0.5, 0.6) is 0 Å². The summed E-state index contributed by atoms with van der Waals surface area (Å²) in [5, 5.41) is 1.13. The van der Waals surface area contributed by atoms with Crippen molar-refractivity contribution in [2.75, 3.05) is 25.4 Å². The molecule has 0 aliphatic carbocycles. The number of amides is 1. The lowest BCUT2D eigenvalue weighted by Gasteiger charge is -2.20. The number of para-hydroxylation sites is 1. The van der Waals surface area contributed by atoms with Gasteiger partial charge >= 0.3 is 0 Å². The number of thioether (sulfide) groups is 1. The minimum absolute atomic E-state index is 0.00810. The van der Waals surface area contributed by atoms with Crippen LogP contribution in [-0.4, -0.2) is 51.9 Å². The van der Waals surface area contributed by atoms with Gasteiger partial charge in [0.25, 0.3) is 5.56 Å². The summed E-state index contributed by atoms with van der Waals surface area (Å²) < 4.78 is 7.37. The van der Waals surface area contributed by atoms with Crippen molar-refractivity contribution in [2.24, 2.45) is 0 Å². The van der Waals surface area contributed by atoms with Crippen LogP contribution in [0.1, 0.15) is 12.8 Å². The van der Waals surface area contributed by atoms with Crippen LogP contribution in [0.3, 0.4) is 0 Å². The predicted octanol–water partition coefficient (Wildman–Crippen LogP) is 2.87. The number of ether oxygens (including phenoxy) is 1. The second-order valence-electron chi connectivity index (χ2n) is 6.63. The van der Waals surface area contributed by atoms with E-state index in [4.69, 9.17) is 4.74 Å². The fraction of sp³-hybridized carbons (Fsp3) is 0.381. The van der Waals surface area contributed by atoms with Crippen LogP contribution < -0.4 is 5.56 Å². The van der Waals surface area contributed by atoms with Gasteiger partial charge in [0.05, 0.1) is 29.3 Å². The van der Waals surface area contributed by atoms with Crippen LogP contribution in [0.25, 0.3) is 10.9 Å². The first-order valence-corrected chi connectivity index (χ1v) is 10.4. The van der Waals surface area contributed by atoms with Gasteiger partial charge in [-0.15, -0.1) is 13.2 Å². The Morgan fingerprint density at radius 1 is 1.32 bits per heavy atom. The van der Waals surface area contributed by atoms with Gasteiger partial charge in [-0.3, -0.25) is 14.2 Å². The molecule has 6 nitrogen and oxygen atoms in total. The van der Waals surface area contributed by atoms with E-state index >= 15 is 0 Å². The molecular weight excluding hydrogens is 374 g/mol. The minimum Gasteiger partial charge on any atom is -0.376 e. The number of hydrogen-bond acceptors (Lipinski definition) is 5. The average molecular weight is 400 g/mol. The molecule has 0 spiro atoms. The highest BCUT2D eigenvalue weighted by Crippen LogP contribution is 2.21. The van der Waals surface area contributed by atoms with E-state index in [1.807, 2.05) is 18.2 Å². The lowest BCUT2D eigenvalue weighted by Crippen LogP contribution is -2.33. The minimum atomic E-state index is -0.0925. The molecule has 1 aromatic carbocycles. The van der Waals surface area contributed by atoms with Crippen LogP contribution in [0.2, 0.25) is 0 Å². The molecule has 0 saturated carbocycles. The maximum absolute atomic E-state index is 13.1. The topological polar surface area (TPSA) is 64.4 Å². The Hall–Kier alpha value is -2.38. The summed E-state index contributed by atoms with van der Waals surface area (Å²) in [5.74, 6) is 0.147. The van der Waals surface area contributed by atoms with Crippen molar-refractivity contribution in [2.45, 2.75) is 30.6 Å². The number of hydrogen-bond donors (Lipinski definition) is 0. The summed E-state index contributed by atoms with van der Waals surface area (Å²) in [7, 11) is 0. The Bertz CT molecular complexity index is 909. The molecule has 1 fully saturated rings. The summed E-state index contributed by atoms with van der Waals surface area (Å²) in [4.78, 5) is 31.9. The molecule has 0 radical (unpaired) electrons. The summed E-state index contributed by atoms with van der Waals surface area (Å²) in [6.07, 6.45) is 5.31. The zero-order chi connectivity index (χ0) is 19.9. The van der Waals surface area contributed by atoms with Crippen LogP contribution in [0, 0.1) is 0 Å². The smallest absolute Gasteiger partial charge is 0.262 e. The highest BCUT2D eigenvalue weighted by atomic mass is 32.2. The van der Waals surface area contributed by atoms with Gasteiger partial charge in [0, 0.05) is 19.7 Å². The molecule has 0 N–H and O–H groups in total. The first kappa shape index (κ1) is 20.4. The third-order valence-corrected chi connectivity index (χ3v) is 5.57. The maximum atomic E-state index is 13.1. The SMILES string of the molecule is C=CCN(CC=C)C(=O)CSc1nc2ccccc2c(=O)n1CC1CCCO1. The first-order chi connectivity index (χ1) is 13.6. The number of carbonyl (C=O) groups excluding carboxylic acids is 1. The van der Waals surface area contributed by atoms with Crippen molar-refractivity contribution in [3.8, 4) is 0 Å². The van der Waals surface area contributed by atoms with Crippen molar-refractivity contribution in [3.05, 3.63) is 59.9 Å². The molecule has 148 valence electrons. The lowest BCUT2D eigenvalue weighted by molar-refractivity contribution is -0.127. The zero-order valence-corrected chi connectivity index (χ0v) is 16.7. The fourth-order valence-corrected chi connectivity index (χ4v) is 4.13. The van der Waals surface area contributed by atoms with Crippen LogP contribution >= 0.6 is 11.8 Å². The molecule has 2 heterocycles. The van der Waals surface area contributed by atoms with Crippen molar-refractivity contribution in [1.29, 1.82) is 0 Å². The van der Waals surface area contributed by atoms with Gasteiger partial charge in [-0.05, 0) is 25.0 Å². The monoisotopic (exact) mass is 399 g/mol. The summed E-state index contributed by atoms with van der Waals surface area (Å²) in [6, 6.07) is 7.29. The molecule has 1 amide bonds. The van der Waals surface area contributed by atoms with Crippen LogP contribution in [0.15, 0.2) is 59.5 Å². The first-order valence-electron chi connectivity index (χ1n) is 9.37. The largest absolute Gasteiger partial charge is 0.376 e. The average Bonchev–Trinajstić information content (AvgIpc) is 3.21. The van der Waals surface area contributed by atoms with Crippen LogP contribution in [0.4, 0.5) is 0 Å².